The molecule has 0 aromatic rings. The highest BCUT2D eigenvalue weighted by molar-refractivity contribution is 7.17. The molecule has 2 heteroatoms. The first-order chi connectivity index (χ1) is 5.07. The summed E-state index contributed by atoms with van der Waals surface area (Å²) < 4.78 is 0. The molecule has 0 aliphatic carbocycles. The number of hydrogen-bond donors (Lipinski definition) is 0. The van der Waals surface area contributed by atoms with Crippen molar-refractivity contribution < 1.29 is 0 Å². The van der Waals surface area contributed by atoms with Gasteiger partial charge in [0.25, 0.3) is 0 Å². The molecule has 0 spiro atoms. The van der Waals surface area contributed by atoms with Gasteiger partial charge in [-0.15, -0.1) is 9.24 Å². The van der Waals surface area contributed by atoms with Crippen molar-refractivity contribution in [3.63, 3.8) is 0 Å². The van der Waals surface area contributed by atoms with E-state index < -0.39 is 0 Å². The zero-order valence-electron chi connectivity index (χ0n) is 8.30. The van der Waals surface area contributed by atoms with E-state index in [9.17, 15) is 0 Å². The van der Waals surface area contributed by atoms with Crippen molar-refractivity contribution in [3.8, 4) is 0 Å². The number of nitrogens with zero attached hydrogens (tertiary/aromatic N) is 1. The molecule has 0 amide bonds. The maximum Gasteiger partial charge on any atom is 0.00444 e. The van der Waals surface area contributed by atoms with Gasteiger partial charge in [0.2, 0.25) is 0 Å². The molecule has 0 aromatic heterocycles. The average Bonchev–Trinajstić information content (AvgIpc) is 1.86. The SMILES string of the molecule is CCCN(CC(C)P)C(C)C. The lowest BCUT2D eigenvalue weighted by atomic mass is 10.2. The lowest BCUT2D eigenvalue weighted by Crippen LogP contribution is -2.35. The van der Waals surface area contributed by atoms with Crippen molar-refractivity contribution >= 4 is 9.24 Å². The highest BCUT2D eigenvalue weighted by Crippen LogP contribution is 2.06. The van der Waals surface area contributed by atoms with Crippen LogP contribution >= 0.6 is 9.24 Å². The third-order valence-corrected chi connectivity index (χ3v) is 1.97. The Kier molecular flexibility index (Phi) is 6.18. The summed E-state index contributed by atoms with van der Waals surface area (Å²) in [6.07, 6.45) is 1.26. The first-order valence-electron chi connectivity index (χ1n) is 4.57. The third kappa shape index (κ3) is 5.64. The van der Waals surface area contributed by atoms with E-state index in [1.54, 1.807) is 0 Å². The van der Waals surface area contributed by atoms with Crippen LogP contribution in [0.25, 0.3) is 0 Å². The van der Waals surface area contributed by atoms with Gasteiger partial charge in [-0.2, -0.15) is 0 Å². The van der Waals surface area contributed by atoms with Gasteiger partial charge in [0, 0.05) is 12.6 Å². The summed E-state index contributed by atoms with van der Waals surface area (Å²) in [7, 11) is 2.86. The summed E-state index contributed by atoms with van der Waals surface area (Å²) >= 11 is 0. The van der Waals surface area contributed by atoms with Crippen molar-refractivity contribution in [2.45, 2.75) is 45.8 Å². The summed E-state index contributed by atoms with van der Waals surface area (Å²) in [4.78, 5) is 2.53. The van der Waals surface area contributed by atoms with Gasteiger partial charge in [0.1, 0.15) is 0 Å². The maximum absolute atomic E-state index is 2.86. The predicted molar refractivity (Wildman–Crippen MR) is 56.2 cm³/mol. The highest BCUT2D eigenvalue weighted by Gasteiger charge is 2.08. The lowest BCUT2D eigenvalue weighted by Gasteiger charge is -2.27. The normalized spacial score (nSPS) is 14.5. The van der Waals surface area contributed by atoms with E-state index in [2.05, 4.69) is 41.8 Å². The molecule has 11 heavy (non-hydrogen) atoms. The zero-order valence-corrected chi connectivity index (χ0v) is 9.46. The van der Waals surface area contributed by atoms with Gasteiger partial charge in [-0.3, -0.25) is 0 Å². The van der Waals surface area contributed by atoms with Gasteiger partial charge in [-0.05, 0) is 32.5 Å². The van der Waals surface area contributed by atoms with Gasteiger partial charge in [0.15, 0.2) is 0 Å². The summed E-state index contributed by atoms with van der Waals surface area (Å²) in [5.74, 6) is 0. The molecule has 0 saturated carbocycles. The van der Waals surface area contributed by atoms with Gasteiger partial charge in [-0.1, -0.05) is 13.8 Å². The van der Waals surface area contributed by atoms with Crippen LogP contribution in [0.3, 0.4) is 0 Å². The Morgan fingerprint density at radius 2 is 1.82 bits per heavy atom. The van der Waals surface area contributed by atoms with Gasteiger partial charge in [0.05, 0.1) is 0 Å². The smallest absolute Gasteiger partial charge is 0.00444 e. The van der Waals surface area contributed by atoms with Gasteiger partial charge in [-0.25, -0.2) is 0 Å². The Morgan fingerprint density at radius 3 is 2.09 bits per heavy atom. The summed E-state index contributed by atoms with van der Waals surface area (Å²) in [6, 6.07) is 0.693. The van der Waals surface area contributed by atoms with E-state index >= 15 is 0 Å². The molecule has 0 rings (SSSR count). The van der Waals surface area contributed by atoms with Crippen molar-refractivity contribution in [1.82, 2.24) is 4.90 Å². The maximum atomic E-state index is 2.86. The fourth-order valence-electron chi connectivity index (χ4n) is 1.22. The van der Waals surface area contributed by atoms with Crippen molar-refractivity contribution in [3.05, 3.63) is 0 Å². The Labute approximate surface area is 73.7 Å². The average molecular weight is 175 g/mol. The minimum Gasteiger partial charge on any atom is -0.300 e. The molecule has 2 unspecified atom stereocenters. The van der Waals surface area contributed by atoms with E-state index in [-0.39, 0.29) is 0 Å². The zero-order chi connectivity index (χ0) is 8.85. The fraction of sp³-hybridized carbons (Fsp3) is 1.00. The molecule has 0 saturated heterocycles. The van der Waals surface area contributed by atoms with Crippen LogP contribution in [-0.2, 0) is 0 Å². The largest absolute Gasteiger partial charge is 0.300 e. The second-order valence-corrected chi connectivity index (χ2v) is 4.70. The first kappa shape index (κ1) is 11.4. The van der Waals surface area contributed by atoms with Crippen LogP contribution in [0.2, 0.25) is 0 Å². The van der Waals surface area contributed by atoms with Crippen molar-refractivity contribution in [1.29, 1.82) is 0 Å². The molecule has 0 bridgehead atoms. The van der Waals surface area contributed by atoms with Crippen LogP contribution in [0.15, 0.2) is 0 Å². The molecule has 0 heterocycles. The Bertz CT molecular complexity index is 91.6. The summed E-state index contributed by atoms with van der Waals surface area (Å²) in [5, 5.41) is 0. The standard InChI is InChI=1S/C9H22NP/c1-5-6-10(8(2)3)7-9(4)11/h8-9H,5-7,11H2,1-4H3. The monoisotopic (exact) mass is 175 g/mol. The topological polar surface area (TPSA) is 3.24 Å². The van der Waals surface area contributed by atoms with E-state index in [1.807, 2.05) is 0 Å². The third-order valence-electron chi connectivity index (χ3n) is 1.76. The second kappa shape index (κ2) is 5.97. The van der Waals surface area contributed by atoms with E-state index in [1.165, 1.54) is 19.5 Å². The van der Waals surface area contributed by atoms with Gasteiger partial charge >= 0.3 is 0 Å². The van der Waals surface area contributed by atoms with Crippen molar-refractivity contribution in [2.75, 3.05) is 13.1 Å². The molecule has 1 nitrogen and oxygen atoms in total. The molecule has 68 valence electrons. The van der Waals surface area contributed by atoms with Gasteiger partial charge < -0.3 is 4.90 Å². The number of hydrogen-bond acceptors (Lipinski definition) is 1. The molecule has 0 aromatic carbocycles. The second-order valence-electron chi connectivity index (χ2n) is 3.57. The van der Waals surface area contributed by atoms with Crippen LogP contribution in [0.1, 0.15) is 34.1 Å². The highest BCUT2D eigenvalue weighted by atomic mass is 31.0. The molecule has 0 aliphatic rings. The van der Waals surface area contributed by atoms with E-state index in [0.717, 1.165) is 0 Å². The molecule has 0 radical (unpaired) electrons. The Balaban J connectivity index is 3.69. The van der Waals surface area contributed by atoms with Crippen LogP contribution in [-0.4, -0.2) is 29.7 Å². The van der Waals surface area contributed by atoms with Crippen LogP contribution < -0.4 is 0 Å². The Morgan fingerprint density at radius 1 is 1.27 bits per heavy atom. The lowest BCUT2D eigenvalue weighted by molar-refractivity contribution is 0.225. The Hall–Kier alpha value is 0.390. The fourth-order valence-corrected chi connectivity index (χ4v) is 1.49. The minimum atomic E-state index is 0.693. The first-order valence-corrected chi connectivity index (χ1v) is 5.24. The van der Waals surface area contributed by atoms with Crippen LogP contribution in [0.5, 0.6) is 0 Å². The molecule has 2 atom stereocenters. The molecule has 0 aliphatic heterocycles. The molecular formula is C9H22NP. The van der Waals surface area contributed by atoms with Crippen LogP contribution in [0, 0.1) is 0 Å². The molecule has 0 fully saturated rings. The predicted octanol–water partition coefficient (Wildman–Crippen LogP) is 2.37. The molecule has 0 N–H and O–H groups in total. The quantitative estimate of drug-likeness (QED) is 0.580. The van der Waals surface area contributed by atoms with E-state index in [0.29, 0.717) is 11.7 Å². The number of rotatable bonds is 5. The summed E-state index contributed by atoms with van der Waals surface area (Å²) in [5.41, 5.74) is 0.712. The minimum absolute atomic E-state index is 0.693. The van der Waals surface area contributed by atoms with Crippen LogP contribution in [0.4, 0.5) is 0 Å². The van der Waals surface area contributed by atoms with E-state index in [4.69, 9.17) is 0 Å². The molecular weight excluding hydrogens is 153 g/mol. The summed E-state index contributed by atoms with van der Waals surface area (Å²) in [6.45, 7) is 11.5. The van der Waals surface area contributed by atoms with Crippen molar-refractivity contribution in [2.24, 2.45) is 0 Å².